The Balaban J connectivity index is 1.46. The highest BCUT2D eigenvalue weighted by Gasteiger charge is 2.34. The number of piperazine rings is 1. The lowest BCUT2D eigenvalue weighted by atomic mass is 10.1. The van der Waals surface area contributed by atoms with Gasteiger partial charge in [-0.05, 0) is 32.7 Å². The first-order valence-corrected chi connectivity index (χ1v) is 7.62. The minimum absolute atomic E-state index is 0.576. The van der Waals surface area contributed by atoms with Gasteiger partial charge in [-0.15, -0.1) is 0 Å². The van der Waals surface area contributed by atoms with Crippen LogP contribution in [0.15, 0.2) is 0 Å². The van der Waals surface area contributed by atoms with E-state index in [2.05, 4.69) is 22.0 Å². The molecular formula is C14H27N3O. The molecule has 0 radical (unpaired) electrons. The van der Waals surface area contributed by atoms with Gasteiger partial charge in [0.1, 0.15) is 0 Å². The third kappa shape index (κ3) is 2.87. The van der Waals surface area contributed by atoms with Gasteiger partial charge < -0.3 is 10.1 Å². The Morgan fingerprint density at radius 2 is 2.28 bits per heavy atom. The maximum Gasteiger partial charge on any atom is 0.0620 e. The predicted octanol–water partition coefficient (Wildman–Crippen LogP) is 0.533. The summed E-state index contributed by atoms with van der Waals surface area (Å²) in [5.74, 6) is 0. The van der Waals surface area contributed by atoms with Gasteiger partial charge in [0.2, 0.25) is 0 Å². The van der Waals surface area contributed by atoms with Gasteiger partial charge in [0.25, 0.3) is 0 Å². The summed E-state index contributed by atoms with van der Waals surface area (Å²) in [7, 11) is 0. The van der Waals surface area contributed by atoms with E-state index in [1.807, 2.05) is 0 Å². The molecule has 4 nitrogen and oxygen atoms in total. The molecule has 0 aliphatic carbocycles. The lowest BCUT2D eigenvalue weighted by molar-refractivity contribution is 0.0412. The van der Waals surface area contributed by atoms with E-state index >= 15 is 0 Å². The minimum Gasteiger partial charge on any atom is -0.379 e. The van der Waals surface area contributed by atoms with E-state index in [1.165, 1.54) is 45.4 Å². The van der Waals surface area contributed by atoms with Gasteiger partial charge in [0.15, 0.2) is 0 Å². The van der Waals surface area contributed by atoms with Gasteiger partial charge >= 0.3 is 0 Å². The highest BCUT2D eigenvalue weighted by Crippen LogP contribution is 2.24. The van der Waals surface area contributed by atoms with Crippen molar-refractivity contribution in [3.63, 3.8) is 0 Å². The van der Waals surface area contributed by atoms with Crippen molar-refractivity contribution in [3.05, 3.63) is 0 Å². The summed E-state index contributed by atoms with van der Waals surface area (Å²) in [5.41, 5.74) is 0. The van der Waals surface area contributed by atoms with Crippen LogP contribution in [-0.4, -0.2) is 73.9 Å². The Kier molecular flexibility index (Phi) is 4.19. The molecule has 0 saturated carbocycles. The monoisotopic (exact) mass is 253 g/mol. The van der Waals surface area contributed by atoms with Crippen molar-refractivity contribution in [2.75, 3.05) is 45.9 Å². The van der Waals surface area contributed by atoms with Gasteiger partial charge in [-0.3, -0.25) is 9.80 Å². The standard InChI is InChI=1S/C14H27N3O/c1-12-9-17-6-2-3-14(17)10-16(12)7-4-13-11-18-8-5-15-13/h12-15H,2-11H2,1H3. The fourth-order valence-electron chi connectivity index (χ4n) is 3.69. The van der Waals surface area contributed by atoms with E-state index in [-0.39, 0.29) is 0 Å². The van der Waals surface area contributed by atoms with Gasteiger partial charge in [0.05, 0.1) is 13.2 Å². The van der Waals surface area contributed by atoms with Crippen molar-refractivity contribution in [3.8, 4) is 0 Å². The zero-order valence-corrected chi connectivity index (χ0v) is 11.6. The van der Waals surface area contributed by atoms with Crippen LogP contribution in [0.3, 0.4) is 0 Å². The SMILES string of the molecule is CC1CN2CCCC2CN1CCC1COCCN1. The second kappa shape index (κ2) is 5.87. The van der Waals surface area contributed by atoms with Crippen molar-refractivity contribution in [2.45, 2.75) is 44.3 Å². The van der Waals surface area contributed by atoms with Crippen molar-refractivity contribution in [1.82, 2.24) is 15.1 Å². The number of fused-ring (bicyclic) bond motifs is 1. The molecule has 3 aliphatic rings. The third-order valence-corrected chi connectivity index (χ3v) is 4.83. The van der Waals surface area contributed by atoms with Crippen LogP contribution in [0.4, 0.5) is 0 Å². The molecule has 0 aromatic rings. The molecule has 3 saturated heterocycles. The first-order valence-electron chi connectivity index (χ1n) is 7.62. The number of nitrogens with one attached hydrogen (secondary N) is 1. The van der Waals surface area contributed by atoms with Crippen LogP contribution in [0.1, 0.15) is 26.2 Å². The summed E-state index contributed by atoms with van der Waals surface area (Å²) < 4.78 is 5.53. The highest BCUT2D eigenvalue weighted by atomic mass is 16.5. The van der Waals surface area contributed by atoms with Crippen LogP contribution < -0.4 is 5.32 Å². The summed E-state index contributed by atoms with van der Waals surface area (Å²) in [5, 5.41) is 3.56. The molecule has 3 aliphatic heterocycles. The molecule has 0 bridgehead atoms. The van der Waals surface area contributed by atoms with Crippen molar-refractivity contribution in [1.29, 1.82) is 0 Å². The average Bonchev–Trinajstić information content (AvgIpc) is 2.84. The molecule has 1 N–H and O–H groups in total. The Hall–Kier alpha value is -0.160. The first kappa shape index (κ1) is 12.9. The maximum atomic E-state index is 5.53. The number of hydrogen-bond donors (Lipinski definition) is 1. The van der Waals surface area contributed by atoms with Crippen molar-refractivity contribution < 1.29 is 4.74 Å². The largest absolute Gasteiger partial charge is 0.379 e. The van der Waals surface area contributed by atoms with Crippen molar-refractivity contribution >= 4 is 0 Å². The molecule has 4 heteroatoms. The van der Waals surface area contributed by atoms with E-state index < -0.39 is 0 Å². The quantitative estimate of drug-likeness (QED) is 0.794. The summed E-state index contributed by atoms with van der Waals surface area (Å²) in [6, 6.07) is 2.15. The molecule has 18 heavy (non-hydrogen) atoms. The Bertz CT molecular complexity index is 268. The molecule has 3 heterocycles. The summed E-state index contributed by atoms with van der Waals surface area (Å²) in [6.07, 6.45) is 4.05. The van der Waals surface area contributed by atoms with Crippen LogP contribution in [0, 0.1) is 0 Å². The number of nitrogens with zero attached hydrogens (tertiary/aromatic N) is 2. The minimum atomic E-state index is 0.576. The summed E-state index contributed by atoms with van der Waals surface area (Å²) in [6.45, 7) is 10.3. The second-order valence-corrected chi connectivity index (χ2v) is 6.15. The fourth-order valence-corrected chi connectivity index (χ4v) is 3.69. The molecule has 3 rings (SSSR count). The third-order valence-electron chi connectivity index (χ3n) is 4.83. The zero-order chi connectivity index (χ0) is 12.4. The lowest BCUT2D eigenvalue weighted by Gasteiger charge is -2.43. The maximum absolute atomic E-state index is 5.53. The van der Waals surface area contributed by atoms with Gasteiger partial charge in [-0.2, -0.15) is 0 Å². The predicted molar refractivity (Wildman–Crippen MR) is 72.9 cm³/mol. The zero-order valence-electron chi connectivity index (χ0n) is 11.6. The molecule has 0 amide bonds. The molecule has 3 unspecified atom stereocenters. The van der Waals surface area contributed by atoms with E-state index in [0.717, 1.165) is 31.8 Å². The Morgan fingerprint density at radius 1 is 1.33 bits per heavy atom. The van der Waals surface area contributed by atoms with Gasteiger partial charge in [-0.1, -0.05) is 0 Å². The van der Waals surface area contributed by atoms with E-state index in [0.29, 0.717) is 6.04 Å². The highest BCUT2D eigenvalue weighted by molar-refractivity contribution is 4.91. The average molecular weight is 253 g/mol. The van der Waals surface area contributed by atoms with Crippen LogP contribution in [0.5, 0.6) is 0 Å². The summed E-state index contributed by atoms with van der Waals surface area (Å²) >= 11 is 0. The van der Waals surface area contributed by atoms with Crippen LogP contribution >= 0.6 is 0 Å². The van der Waals surface area contributed by atoms with E-state index in [9.17, 15) is 0 Å². The number of hydrogen-bond acceptors (Lipinski definition) is 4. The van der Waals surface area contributed by atoms with Crippen LogP contribution in [-0.2, 0) is 4.74 Å². The number of ether oxygens (including phenoxy) is 1. The molecular weight excluding hydrogens is 226 g/mol. The fraction of sp³-hybridized carbons (Fsp3) is 1.00. The van der Waals surface area contributed by atoms with Crippen LogP contribution in [0.2, 0.25) is 0 Å². The number of rotatable bonds is 3. The van der Waals surface area contributed by atoms with E-state index in [1.54, 1.807) is 0 Å². The molecule has 104 valence electrons. The molecule has 0 aromatic heterocycles. The Labute approximate surface area is 111 Å². The topological polar surface area (TPSA) is 27.7 Å². The molecule has 0 aromatic carbocycles. The summed E-state index contributed by atoms with van der Waals surface area (Å²) in [4.78, 5) is 5.39. The van der Waals surface area contributed by atoms with Gasteiger partial charge in [-0.25, -0.2) is 0 Å². The Morgan fingerprint density at radius 3 is 3.11 bits per heavy atom. The lowest BCUT2D eigenvalue weighted by Crippen LogP contribution is -2.55. The van der Waals surface area contributed by atoms with E-state index in [4.69, 9.17) is 4.74 Å². The second-order valence-electron chi connectivity index (χ2n) is 6.15. The molecule has 3 fully saturated rings. The van der Waals surface area contributed by atoms with Crippen molar-refractivity contribution in [2.24, 2.45) is 0 Å². The molecule has 0 spiro atoms. The smallest absolute Gasteiger partial charge is 0.0620 e. The van der Waals surface area contributed by atoms with Gasteiger partial charge in [0, 0.05) is 44.3 Å². The number of morpholine rings is 1. The normalized spacial score (nSPS) is 38.8. The molecule has 3 atom stereocenters. The van der Waals surface area contributed by atoms with Crippen LogP contribution in [0.25, 0.3) is 0 Å². The first-order chi connectivity index (χ1) is 8.83.